The fourth-order valence-electron chi connectivity index (χ4n) is 8.59. The smallest absolute Gasteiger partial charge is 0.192 e. The van der Waals surface area contributed by atoms with Crippen LogP contribution in [0.2, 0.25) is 18.1 Å². The van der Waals surface area contributed by atoms with Crippen molar-refractivity contribution in [2.75, 3.05) is 26.1 Å². The van der Waals surface area contributed by atoms with Crippen molar-refractivity contribution in [1.82, 2.24) is 24.3 Å². The number of aryl methyl sites for hydroxylation is 1. The van der Waals surface area contributed by atoms with E-state index in [0.717, 1.165) is 74.7 Å². The fourth-order valence-corrected chi connectivity index (χ4v) is 9.99. The molecule has 11 heteroatoms. The van der Waals surface area contributed by atoms with Crippen LogP contribution in [-0.2, 0) is 28.4 Å². The van der Waals surface area contributed by atoms with E-state index >= 15 is 0 Å². The summed E-state index contributed by atoms with van der Waals surface area (Å²) < 4.78 is 30.3. The van der Waals surface area contributed by atoms with Crippen LogP contribution in [0.4, 0.5) is 5.82 Å². The van der Waals surface area contributed by atoms with Crippen molar-refractivity contribution in [2.24, 2.45) is 13.0 Å². The van der Waals surface area contributed by atoms with Gasteiger partial charge in [0.1, 0.15) is 34.9 Å². The lowest BCUT2D eigenvalue weighted by atomic mass is 9.80. The van der Waals surface area contributed by atoms with E-state index in [9.17, 15) is 0 Å². The maximum atomic E-state index is 7.54. The molecule has 0 spiro atoms. The zero-order chi connectivity index (χ0) is 42.8. The maximum Gasteiger partial charge on any atom is 0.192 e. The van der Waals surface area contributed by atoms with E-state index in [1.54, 1.807) is 20.5 Å². The van der Waals surface area contributed by atoms with Crippen LogP contribution in [0.5, 0.6) is 11.5 Å². The summed E-state index contributed by atoms with van der Waals surface area (Å²) in [7, 11) is 3.07. The zero-order valence-electron chi connectivity index (χ0n) is 36.6. The van der Waals surface area contributed by atoms with Gasteiger partial charge in [-0.25, -0.2) is 9.97 Å². The molecule has 0 amide bonds. The number of hydrogen-bond donors (Lipinski definition) is 1. The van der Waals surface area contributed by atoms with Gasteiger partial charge in [0.05, 0.1) is 38.0 Å². The van der Waals surface area contributed by atoms with Gasteiger partial charge >= 0.3 is 0 Å². The first-order chi connectivity index (χ1) is 29.4. The summed E-state index contributed by atoms with van der Waals surface area (Å²) in [5, 5.41) is 9.45. The summed E-state index contributed by atoms with van der Waals surface area (Å²) in [6.45, 7) is 12.6. The number of methoxy groups -OCH3 is 2. The highest BCUT2D eigenvalue weighted by Crippen LogP contribution is 2.48. The topological polar surface area (TPSA) is 97.5 Å². The molecule has 1 saturated carbocycles. The predicted octanol–water partition coefficient (Wildman–Crippen LogP) is 10.8. The van der Waals surface area contributed by atoms with E-state index in [1.807, 2.05) is 42.2 Å². The van der Waals surface area contributed by atoms with Crippen LogP contribution in [0.25, 0.3) is 22.3 Å². The molecular formula is C50H58N6O4Si. The number of aromatic nitrogens is 5. The summed E-state index contributed by atoms with van der Waals surface area (Å²) in [5.74, 6) is 2.30. The number of rotatable bonds is 15. The molecule has 61 heavy (non-hydrogen) atoms. The maximum absolute atomic E-state index is 7.54. The van der Waals surface area contributed by atoms with Crippen molar-refractivity contribution < 1.29 is 18.6 Å². The molecule has 7 aromatic rings. The van der Waals surface area contributed by atoms with Gasteiger partial charge < -0.3 is 28.5 Å². The minimum atomic E-state index is -2.20. The van der Waals surface area contributed by atoms with E-state index in [4.69, 9.17) is 33.7 Å². The molecule has 0 aliphatic heterocycles. The van der Waals surface area contributed by atoms with Gasteiger partial charge in [-0.3, -0.25) is 4.68 Å². The Hall–Kier alpha value is -5.75. The molecule has 0 bridgehead atoms. The normalized spacial score (nSPS) is 17.1. The van der Waals surface area contributed by atoms with Gasteiger partial charge in [-0.05, 0) is 65.9 Å². The number of fused-ring (bicyclic) bond motifs is 1. The van der Waals surface area contributed by atoms with Gasteiger partial charge in [-0.15, -0.1) is 0 Å². The van der Waals surface area contributed by atoms with Crippen molar-refractivity contribution >= 4 is 25.2 Å². The molecule has 8 rings (SSSR count). The van der Waals surface area contributed by atoms with Crippen LogP contribution >= 0.6 is 0 Å². The molecule has 3 heterocycles. The summed E-state index contributed by atoms with van der Waals surface area (Å²) in [6.07, 6.45) is 7.47. The quantitative estimate of drug-likeness (QED) is 0.0806. The molecule has 1 aliphatic carbocycles. The van der Waals surface area contributed by atoms with Crippen molar-refractivity contribution in [2.45, 2.75) is 76.0 Å². The Morgan fingerprint density at radius 1 is 0.787 bits per heavy atom. The molecule has 1 N–H and O–H groups in total. The van der Waals surface area contributed by atoms with Crippen LogP contribution in [0.3, 0.4) is 0 Å². The van der Waals surface area contributed by atoms with Crippen molar-refractivity contribution in [3.05, 3.63) is 156 Å². The molecule has 1 fully saturated rings. The van der Waals surface area contributed by atoms with E-state index in [1.165, 1.54) is 0 Å². The van der Waals surface area contributed by atoms with Crippen LogP contribution in [-0.4, -0.2) is 59.6 Å². The second-order valence-electron chi connectivity index (χ2n) is 17.7. The number of nitrogens with one attached hydrogen (secondary N) is 1. The van der Waals surface area contributed by atoms with Crippen molar-refractivity contribution in [3.8, 4) is 22.8 Å². The Labute approximate surface area is 361 Å². The zero-order valence-corrected chi connectivity index (χ0v) is 37.6. The van der Waals surface area contributed by atoms with Gasteiger partial charge in [0.25, 0.3) is 0 Å². The van der Waals surface area contributed by atoms with Gasteiger partial charge in [0, 0.05) is 55.1 Å². The second-order valence-corrected chi connectivity index (χ2v) is 22.4. The lowest BCUT2D eigenvalue weighted by molar-refractivity contribution is -0.0274. The Morgan fingerprint density at radius 2 is 1.43 bits per heavy atom. The van der Waals surface area contributed by atoms with Crippen molar-refractivity contribution in [1.29, 1.82) is 0 Å². The van der Waals surface area contributed by atoms with Crippen LogP contribution in [0.1, 0.15) is 61.9 Å². The van der Waals surface area contributed by atoms with Crippen LogP contribution in [0.15, 0.2) is 134 Å². The molecule has 0 radical (unpaired) electrons. The summed E-state index contributed by atoms with van der Waals surface area (Å²) in [4.78, 5) is 9.81. The number of anilines is 1. The lowest BCUT2D eigenvalue weighted by Crippen LogP contribution is -2.45. The third-order valence-corrected chi connectivity index (χ3v) is 17.3. The Kier molecular flexibility index (Phi) is 11.9. The third kappa shape index (κ3) is 8.34. The standard InChI is InChI=1S/C50H58N6O4Si/c1-49(2,3)61(7,8)60-45-29-40(28-36(45)33-59-50(37-18-12-9-13-19-37,38-20-14-10-15-21-38)39-22-16-11-17-23-39)56-32-42(43-26-27-55(4)54-43)46-47(52-34-53-48(46)56)51-31-35-24-25-41(57-5)30-44(35)58-6/h9-27,30,32,34,36,40,45H,28-29,31,33H2,1-8H3,(H,51,52,53)/t36-,40-,45?/m1/s1. The van der Waals surface area contributed by atoms with Gasteiger partial charge in [-0.2, -0.15) is 5.10 Å². The highest BCUT2D eigenvalue weighted by atomic mass is 28.4. The van der Waals surface area contributed by atoms with Gasteiger partial charge in [0.15, 0.2) is 8.32 Å². The molecule has 1 unspecified atom stereocenters. The summed E-state index contributed by atoms with van der Waals surface area (Å²) in [6, 6.07) is 39.9. The molecule has 1 aliphatic rings. The predicted molar refractivity (Wildman–Crippen MR) is 246 cm³/mol. The molecule has 3 aromatic heterocycles. The minimum Gasteiger partial charge on any atom is -0.497 e. The average Bonchev–Trinajstić information content (AvgIpc) is 4.00. The first kappa shape index (κ1) is 42.0. The van der Waals surface area contributed by atoms with Gasteiger partial charge in [-0.1, -0.05) is 112 Å². The number of benzene rings is 4. The monoisotopic (exact) mass is 834 g/mol. The molecule has 3 atom stereocenters. The molecule has 10 nitrogen and oxygen atoms in total. The third-order valence-electron chi connectivity index (χ3n) is 12.8. The number of ether oxygens (including phenoxy) is 3. The Bertz CT molecular complexity index is 2460. The van der Waals surface area contributed by atoms with E-state index in [0.29, 0.717) is 13.2 Å². The second kappa shape index (κ2) is 17.3. The SMILES string of the molecule is COc1ccc(CNc2ncnc3c2c(-c2ccn(C)n2)cn3[C@H]2CC(O[Si](C)(C)C(C)(C)C)[C@@H](COC(c3ccccc3)(c3ccccc3)c3ccccc3)C2)c(OC)c1. The number of nitrogens with zero attached hydrogens (tertiary/aromatic N) is 5. The summed E-state index contributed by atoms with van der Waals surface area (Å²) >= 11 is 0. The Balaban J connectivity index is 1.19. The average molecular weight is 835 g/mol. The van der Waals surface area contributed by atoms with E-state index in [2.05, 4.69) is 141 Å². The Morgan fingerprint density at radius 3 is 1.98 bits per heavy atom. The summed E-state index contributed by atoms with van der Waals surface area (Å²) in [5.41, 5.74) is 6.09. The highest BCUT2D eigenvalue weighted by molar-refractivity contribution is 6.74. The minimum absolute atomic E-state index is 0.0328. The first-order valence-electron chi connectivity index (χ1n) is 21.2. The fraction of sp³-hybridized carbons (Fsp3) is 0.340. The highest BCUT2D eigenvalue weighted by Gasteiger charge is 2.46. The van der Waals surface area contributed by atoms with E-state index < -0.39 is 13.9 Å². The van der Waals surface area contributed by atoms with Crippen LogP contribution < -0.4 is 14.8 Å². The number of hydrogen-bond acceptors (Lipinski definition) is 8. The van der Waals surface area contributed by atoms with E-state index in [-0.39, 0.29) is 23.1 Å². The van der Waals surface area contributed by atoms with Gasteiger partial charge in [0.2, 0.25) is 0 Å². The van der Waals surface area contributed by atoms with Crippen LogP contribution in [0, 0.1) is 5.92 Å². The molecular weight excluding hydrogens is 777 g/mol. The largest absolute Gasteiger partial charge is 0.497 e. The molecule has 0 saturated heterocycles. The first-order valence-corrected chi connectivity index (χ1v) is 24.1. The molecule has 4 aromatic carbocycles. The lowest BCUT2D eigenvalue weighted by Gasteiger charge is -2.41. The van der Waals surface area contributed by atoms with Crippen molar-refractivity contribution in [3.63, 3.8) is 0 Å². The molecule has 316 valence electrons.